The maximum absolute atomic E-state index is 14.8. The molecule has 304 valence electrons. The highest BCUT2D eigenvalue weighted by atomic mass is 32.2. The number of aromatic hydroxyl groups is 2. The van der Waals surface area contributed by atoms with E-state index in [0.717, 1.165) is 27.8 Å². The SMILES string of the molecule is COc1cc2c(cc1OC(=O)OC(C)(C)C)CCN[C@]21CSC2c3c(O)c(C)c4c(c3C(COC1=O)N1CC3Cc5cc(C)c(OC)c(O)c5C(C21)N3C)OCO4. The van der Waals surface area contributed by atoms with Crippen LogP contribution in [0.2, 0.25) is 0 Å². The van der Waals surface area contributed by atoms with Gasteiger partial charge in [0.05, 0.1) is 31.6 Å². The molecule has 10 rings (SSSR count). The van der Waals surface area contributed by atoms with Crippen LogP contribution in [-0.2, 0) is 32.6 Å². The molecule has 15 heteroatoms. The number of fused-ring (bicyclic) bond motifs is 9. The minimum Gasteiger partial charge on any atom is -0.507 e. The van der Waals surface area contributed by atoms with E-state index >= 15 is 0 Å². The van der Waals surface area contributed by atoms with Gasteiger partial charge in [0.15, 0.2) is 40.0 Å². The molecule has 7 aliphatic heterocycles. The molecule has 14 nitrogen and oxygen atoms in total. The lowest BCUT2D eigenvalue weighted by Crippen LogP contribution is -2.65. The molecule has 2 saturated heterocycles. The maximum Gasteiger partial charge on any atom is 0.514 e. The van der Waals surface area contributed by atoms with E-state index in [1.165, 1.54) is 7.11 Å². The van der Waals surface area contributed by atoms with Crippen molar-refractivity contribution in [1.29, 1.82) is 0 Å². The minimum absolute atomic E-state index is 0.0134. The van der Waals surface area contributed by atoms with Crippen LogP contribution in [0.1, 0.15) is 82.6 Å². The number of thioether (sulfide) groups is 1. The molecule has 2 fully saturated rings. The summed E-state index contributed by atoms with van der Waals surface area (Å²) in [5.74, 6) is 1.94. The number of nitrogens with zero attached hydrogens (tertiary/aromatic N) is 2. The van der Waals surface area contributed by atoms with Gasteiger partial charge < -0.3 is 43.4 Å². The second-order valence-electron chi connectivity index (χ2n) is 16.8. The zero-order chi connectivity index (χ0) is 40.3. The van der Waals surface area contributed by atoms with Gasteiger partial charge in [-0.2, -0.15) is 0 Å². The van der Waals surface area contributed by atoms with E-state index in [-0.39, 0.29) is 60.3 Å². The zero-order valence-corrected chi connectivity index (χ0v) is 34.3. The molecular weight excluding hydrogens is 755 g/mol. The molecule has 6 atom stereocenters. The first-order valence-corrected chi connectivity index (χ1v) is 20.4. The minimum atomic E-state index is -1.34. The Morgan fingerprint density at radius 2 is 1.75 bits per heavy atom. The van der Waals surface area contributed by atoms with E-state index in [1.807, 2.05) is 13.8 Å². The molecule has 0 amide bonds. The second-order valence-corrected chi connectivity index (χ2v) is 18.0. The number of methoxy groups -OCH3 is 2. The fourth-order valence-electron chi connectivity index (χ4n) is 10.1. The van der Waals surface area contributed by atoms with Crippen molar-refractivity contribution in [3.63, 3.8) is 0 Å². The lowest BCUT2D eigenvalue weighted by molar-refractivity contribution is -0.156. The molecule has 4 bridgehead atoms. The van der Waals surface area contributed by atoms with Crippen LogP contribution < -0.4 is 29.0 Å². The number of phenols is 2. The molecule has 1 spiro atoms. The van der Waals surface area contributed by atoms with Crippen molar-refractivity contribution < 1.29 is 53.0 Å². The monoisotopic (exact) mass is 803 g/mol. The molecule has 7 aliphatic rings. The highest BCUT2D eigenvalue weighted by Crippen LogP contribution is 2.63. The molecule has 7 heterocycles. The summed E-state index contributed by atoms with van der Waals surface area (Å²) in [6.07, 6.45) is 0.392. The van der Waals surface area contributed by atoms with Gasteiger partial charge in [-0.15, -0.1) is 11.8 Å². The lowest BCUT2D eigenvalue weighted by Gasteiger charge is -2.60. The average molecular weight is 804 g/mol. The number of aryl methyl sites for hydroxylation is 1. The van der Waals surface area contributed by atoms with Gasteiger partial charge >= 0.3 is 12.1 Å². The van der Waals surface area contributed by atoms with Gasteiger partial charge in [0.2, 0.25) is 6.79 Å². The lowest BCUT2D eigenvalue weighted by atomic mass is 9.73. The van der Waals surface area contributed by atoms with Gasteiger partial charge in [-0.05, 0) is 88.9 Å². The van der Waals surface area contributed by atoms with E-state index in [1.54, 1.807) is 51.8 Å². The Balaban J connectivity index is 1.21. The molecule has 5 unspecified atom stereocenters. The van der Waals surface area contributed by atoms with Gasteiger partial charge in [0.1, 0.15) is 18.0 Å². The largest absolute Gasteiger partial charge is 0.514 e. The molecule has 0 radical (unpaired) electrons. The van der Waals surface area contributed by atoms with Crippen molar-refractivity contribution >= 4 is 23.9 Å². The van der Waals surface area contributed by atoms with Crippen LogP contribution >= 0.6 is 11.8 Å². The fraction of sp³-hybridized carbons (Fsp3) is 0.524. The van der Waals surface area contributed by atoms with E-state index in [4.69, 9.17) is 33.2 Å². The van der Waals surface area contributed by atoms with Crippen molar-refractivity contribution in [2.75, 3.05) is 53.5 Å². The fourth-order valence-corrected chi connectivity index (χ4v) is 11.8. The Kier molecular flexibility index (Phi) is 8.99. The highest BCUT2D eigenvalue weighted by molar-refractivity contribution is 7.99. The predicted octanol–water partition coefficient (Wildman–Crippen LogP) is 5.48. The standard InChI is InChI=1S/C42H49N3O11S/c1-19-11-22-12-23-15-45-25-16-52-39(48)42(24-14-26(50-7)27(13-21(24)9-10-43-42)55-40(49)56-41(3,4)5)17-57-38(30-29(25)37-36(53-18-54-37)20(2)33(30)46)32(45)31(44(23)6)28(22)34(47)35(19)51-8/h11,13-14,23,25,31-32,38,43,46-47H,9-10,12,15-18H2,1-8H3/t23?,25?,31?,32?,38?,42-/m1/s1. The molecule has 0 aliphatic carbocycles. The number of ether oxygens (including phenoxy) is 7. The van der Waals surface area contributed by atoms with Gasteiger partial charge in [-0.3, -0.25) is 15.1 Å². The number of benzene rings is 3. The van der Waals surface area contributed by atoms with Crippen molar-refractivity contribution in [2.45, 2.75) is 88.0 Å². The number of likely N-dealkylation sites (N-methyl/N-ethyl adjacent to an activating group) is 1. The smallest absolute Gasteiger partial charge is 0.507 e. The molecular formula is C42H49N3O11S. The van der Waals surface area contributed by atoms with Crippen LogP contribution in [0.25, 0.3) is 0 Å². The van der Waals surface area contributed by atoms with Gasteiger partial charge in [0.25, 0.3) is 0 Å². The number of hydrogen-bond acceptors (Lipinski definition) is 15. The zero-order valence-electron chi connectivity index (χ0n) is 33.4. The van der Waals surface area contributed by atoms with Crippen LogP contribution in [-0.4, -0.2) is 103 Å². The first kappa shape index (κ1) is 38.0. The summed E-state index contributed by atoms with van der Waals surface area (Å²) in [5, 5.41) is 27.4. The molecule has 57 heavy (non-hydrogen) atoms. The predicted molar refractivity (Wildman–Crippen MR) is 209 cm³/mol. The molecule has 3 aromatic carbocycles. The normalized spacial score (nSPS) is 27.4. The topological polar surface area (TPSA) is 158 Å². The summed E-state index contributed by atoms with van der Waals surface area (Å²) < 4.78 is 41.2. The van der Waals surface area contributed by atoms with E-state index < -0.39 is 34.6 Å². The summed E-state index contributed by atoms with van der Waals surface area (Å²) in [4.78, 5) is 32.3. The first-order chi connectivity index (χ1) is 27.2. The Hall–Kier alpha value is -4.57. The Bertz CT molecular complexity index is 2210. The van der Waals surface area contributed by atoms with Crippen LogP contribution in [0, 0.1) is 13.8 Å². The average Bonchev–Trinajstić information content (AvgIpc) is 3.64. The van der Waals surface area contributed by atoms with Crippen LogP contribution in [0.15, 0.2) is 18.2 Å². The van der Waals surface area contributed by atoms with Crippen LogP contribution in [0.4, 0.5) is 4.79 Å². The summed E-state index contributed by atoms with van der Waals surface area (Å²) >= 11 is 1.55. The third-order valence-corrected chi connectivity index (χ3v) is 14.0. The quantitative estimate of drug-likeness (QED) is 0.226. The van der Waals surface area contributed by atoms with E-state index in [9.17, 15) is 19.8 Å². The third kappa shape index (κ3) is 5.70. The van der Waals surface area contributed by atoms with Crippen molar-refractivity contribution in [2.24, 2.45) is 0 Å². The summed E-state index contributed by atoms with van der Waals surface area (Å²) in [5.41, 5.74) is 4.16. The Morgan fingerprint density at radius 1 is 0.982 bits per heavy atom. The van der Waals surface area contributed by atoms with Gasteiger partial charge in [-0.1, -0.05) is 6.07 Å². The number of rotatable bonds is 3. The number of esters is 1. The van der Waals surface area contributed by atoms with Gasteiger partial charge in [0, 0.05) is 53.2 Å². The van der Waals surface area contributed by atoms with Crippen LogP contribution in [0.5, 0.6) is 40.2 Å². The van der Waals surface area contributed by atoms with E-state index in [0.29, 0.717) is 59.9 Å². The maximum atomic E-state index is 14.8. The number of carbonyl (C=O) groups excluding carboxylic acids is 2. The molecule has 0 saturated carbocycles. The highest BCUT2D eigenvalue weighted by Gasteiger charge is 2.58. The number of phenolic OH excluding ortho intramolecular Hbond substituents is 2. The summed E-state index contributed by atoms with van der Waals surface area (Å²) in [6, 6.07) is 4.58. The van der Waals surface area contributed by atoms with Crippen molar-refractivity contribution in [3.05, 3.63) is 62.7 Å². The molecule has 3 aromatic rings. The first-order valence-electron chi connectivity index (χ1n) is 19.3. The second kappa shape index (κ2) is 13.5. The number of piperazine rings is 1. The van der Waals surface area contributed by atoms with Crippen LogP contribution in [0.3, 0.4) is 0 Å². The molecule has 0 aromatic heterocycles. The van der Waals surface area contributed by atoms with Crippen molar-refractivity contribution in [3.8, 4) is 40.2 Å². The van der Waals surface area contributed by atoms with Crippen molar-refractivity contribution in [1.82, 2.24) is 15.1 Å². The summed E-state index contributed by atoms with van der Waals surface area (Å²) in [6.45, 7) is 10.1. The summed E-state index contributed by atoms with van der Waals surface area (Å²) in [7, 11) is 5.16. The Labute approximate surface area is 335 Å². The van der Waals surface area contributed by atoms with Gasteiger partial charge in [-0.25, -0.2) is 9.59 Å². The number of carbonyl (C=O) groups is 2. The van der Waals surface area contributed by atoms with E-state index in [2.05, 4.69) is 28.2 Å². The third-order valence-electron chi connectivity index (χ3n) is 12.5. The Morgan fingerprint density at radius 3 is 2.49 bits per heavy atom. The number of hydrogen-bond donors (Lipinski definition) is 3. The number of nitrogens with one attached hydrogen (secondary N) is 1. The molecule has 3 N–H and O–H groups in total.